The highest BCUT2D eigenvalue weighted by atomic mass is 35.5. The van der Waals surface area contributed by atoms with Gasteiger partial charge in [-0.2, -0.15) is 4.72 Å². The van der Waals surface area contributed by atoms with Gasteiger partial charge in [-0.1, -0.05) is 41.9 Å². The SMILES string of the molecule is COc1ccc(S(=O)(=O)N[C@H](Cc2ccccc2)C(=O)NC2CCN(C)CC2)cc1Cl. The molecule has 3 rings (SSSR count). The van der Waals surface area contributed by atoms with Crippen LogP contribution in [0.3, 0.4) is 0 Å². The summed E-state index contributed by atoms with van der Waals surface area (Å²) in [7, 11) is -0.480. The third kappa shape index (κ3) is 6.43. The predicted octanol–water partition coefficient (Wildman–Crippen LogP) is 2.45. The number of hydrogen-bond donors (Lipinski definition) is 2. The number of nitrogens with one attached hydrogen (secondary N) is 2. The summed E-state index contributed by atoms with van der Waals surface area (Å²) in [6.45, 7) is 1.79. The van der Waals surface area contributed by atoms with E-state index in [0.717, 1.165) is 31.5 Å². The normalized spacial score (nSPS) is 16.6. The Morgan fingerprint density at radius 2 is 1.87 bits per heavy atom. The molecule has 1 heterocycles. The van der Waals surface area contributed by atoms with Gasteiger partial charge in [-0.05, 0) is 63.2 Å². The quantitative estimate of drug-likeness (QED) is 0.625. The van der Waals surface area contributed by atoms with Gasteiger partial charge in [-0.15, -0.1) is 0 Å². The minimum absolute atomic E-state index is 0.0246. The molecule has 2 aromatic carbocycles. The van der Waals surface area contributed by atoms with Crippen LogP contribution in [0.15, 0.2) is 53.4 Å². The van der Waals surface area contributed by atoms with Crippen molar-refractivity contribution in [3.05, 3.63) is 59.1 Å². The van der Waals surface area contributed by atoms with Crippen LogP contribution in [-0.2, 0) is 21.2 Å². The van der Waals surface area contributed by atoms with Crippen molar-refractivity contribution in [1.82, 2.24) is 14.9 Å². The Kier molecular flexibility index (Phi) is 7.94. The standard InChI is InChI=1S/C22H28ClN3O4S/c1-26-12-10-17(11-13-26)24-22(27)20(14-16-6-4-3-5-7-16)25-31(28,29)18-8-9-21(30-2)19(23)15-18/h3-9,15,17,20,25H,10-14H2,1-2H3,(H,24,27)/t20-/m1/s1. The van der Waals surface area contributed by atoms with Crippen LogP contribution < -0.4 is 14.8 Å². The zero-order valence-corrected chi connectivity index (χ0v) is 19.2. The summed E-state index contributed by atoms with van der Waals surface area (Å²) in [5.74, 6) is 0.0445. The first-order valence-electron chi connectivity index (χ1n) is 10.2. The van der Waals surface area contributed by atoms with Crippen molar-refractivity contribution in [3.8, 4) is 5.75 Å². The molecular weight excluding hydrogens is 438 g/mol. The van der Waals surface area contributed by atoms with Crippen LogP contribution in [0.5, 0.6) is 5.75 Å². The lowest BCUT2D eigenvalue weighted by atomic mass is 10.0. The molecule has 9 heteroatoms. The number of benzene rings is 2. The van der Waals surface area contributed by atoms with Gasteiger partial charge >= 0.3 is 0 Å². The van der Waals surface area contributed by atoms with Crippen LogP contribution in [0, 0.1) is 0 Å². The second kappa shape index (κ2) is 10.5. The molecule has 1 aliphatic rings. The molecule has 0 radical (unpaired) electrons. The molecule has 0 spiro atoms. The molecule has 0 saturated carbocycles. The largest absolute Gasteiger partial charge is 0.495 e. The molecule has 168 valence electrons. The zero-order chi connectivity index (χ0) is 22.4. The summed E-state index contributed by atoms with van der Waals surface area (Å²) in [4.78, 5) is 15.3. The highest BCUT2D eigenvalue weighted by Gasteiger charge is 2.29. The Bertz CT molecular complexity index is 993. The third-order valence-corrected chi connectivity index (χ3v) is 7.16. The van der Waals surface area contributed by atoms with E-state index in [1.54, 1.807) is 0 Å². The van der Waals surface area contributed by atoms with Crippen LogP contribution in [0.4, 0.5) is 0 Å². The number of likely N-dealkylation sites (tertiary alicyclic amines) is 1. The van der Waals surface area contributed by atoms with Crippen LogP contribution in [-0.4, -0.2) is 58.6 Å². The van der Waals surface area contributed by atoms with Gasteiger partial charge in [0.1, 0.15) is 11.8 Å². The monoisotopic (exact) mass is 465 g/mol. The number of methoxy groups -OCH3 is 1. The lowest BCUT2D eigenvalue weighted by Gasteiger charge is -2.30. The summed E-state index contributed by atoms with van der Waals surface area (Å²) in [5, 5.41) is 3.21. The first-order valence-corrected chi connectivity index (χ1v) is 12.0. The molecule has 0 bridgehead atoms. The van der Waals surface area contributed by atoms with Gasteiger partial charge in [-0.3, -0.25) is 4.79 Å². The van der Waals surface area contributed by atoms with E-state index in [1.807, 2.05) is 37.4 Å². The van der Waals surface area contributed by atoms with Crippen molar-refractivity contribution in [2.75, 3.05) is 27.2 Å². The lowest BCUT2D eigenvalue weighted by molar-refractivity contribution is -0.123. The van der Waals surface area contributed by atoms with Gasteiger partial charge in [0.15, 0.2) is 0 Å². The van der Waals surface area contributed by atoms with Crippen LogP contribution >= 0.6 is 11.6 Å². The number of hydrogen-bond acceptors (Lipinski definition) is 5. The predicted molar refractivity (Wildman–Crippen MR) is 121 cm³/mol. The van der Waals surface area contributed by atoms with Gasteiger partial charge in [0.25, 0.3) is 0 Å². The lowest BCUT2D eigenvalue weighted by Crippen LogP contribution is -2.52. The summed E-state index contributed by atoms with van der Waals surface area (Å²) in [5.41, 5.74) is 0.862. The molecule has 0 unspecified atom stereocenters. The molecule has 1 atom stereocenters. The van der Waals surface area contributed by atoms with E-state index in [2.05, 4.69) is 14.9 Å². The van der Waals surface area contributed by atoms with E-state index in [0.29, 0.717) is 5.75 Å². The number of carbonyl (C=O) groups excluding carboxylic acids is 1. The van der Waals surface area contributed by atoms with Gasteiger partial charge < -0.3 is 15.0 Å². The number of rotatable bonds is 8. The van der Waals surface area contributed by atoms with Crippen LogP contribution in [0.1, 0.15) is 18.4 Å². The highest BCUT2D eigenvalue weighted by Crippen LogP contribution is 2.27. The third-order valence-electron chi connectivity index (χ3n) is 5.40. The summed E-state index contributed by atoms with van der Waals surface area (Å²) >= 11 is 6.10. The summed E-state index contributed by atoms with van der Waals surface area (Å²) in [6, 6.07) is 12.6. The second-order valence-electron chi connectivity index (χ2n) is 7.75. The van der Waals surface area contributed by atoms with Crippen molar-refractivity contribution in [2.45, 2.75) is 36.2 Å². The number of sulfonamides is 1. The number of nitrogens with zero attached hydrogens (tertiary/aromatic N) is 1. The van der Waals surface area contributed by atoms with Gasteiger partial charge in [0.05, 0.1) is 17.0 Å². The zero-order valence-electron chi connectivity index (χ0n) is 17.7. The topological polar surface area (TPSA) is 87.7 Å². The van der Waals surface area contributed by atoms with Gasteiger partial charge in [-0.25, -0.2) is 8.42 Å². The number of carbonyl (C=O) groups is 1. The molecule has 31 heavy (non-hydrogen) atoms. The fourth-order valence-electron chi connectivity index (χ4n) is 3.56. The molecule has 0 aliphatic carbocycles. The average Bonchev–Trinajstić information content (AvgIpc) is 2.75. The van der Waals surface area contributed by atoms with Crippen LogP contribution in [0.2, 0.25) is 5.02 Å². The molecular formula is C22H28ClN3O4S. The molecule has 1 saturated heterocycles. The highest BCUT2D eigenvalue weighted by molar-refractivity contribution is 7.89. The van der Waals surface area contributed by atoms with Crippen molar-refractivity contribution in [3.63, 3.8) is 0 Å². The van der Waals surface area contributed by atoms with Crippen molar-refractivity contribution in [1.29, 1.82) is 0 Å². The molecule has 7 nitrogen and oxygen atoms in total. The van der Waals surface area contributed by atoms with Gasteiger partial charge in [0.2, 0.25) is 15.9 Å². The minimum atomic E-state index is -3.98. The Morgan fingerprint density at radius 1 is 1.19 bits per heavy atom. The Morgan fingerprint density at radius 3 is 2.48 bits per heavy atom. The van der Waals surface area contributed by atoms with E-state index in [-0.39, 0.29) is 28.3 Å². The maximum absolute atomic E-state index is 13.1. The fraction of sp³-hybridized carbons (Fsp3) is 0.409. The second-order valence-corrected chi connectivity index (χ2v) is 9.87. The van der Waals surface area contributed by atoms with Crippen molar-refractivity contribution >= 4 is 27.5 Å². The Balaban J connectivity index is 1.79. The van der Waals surface area contributed by atoms with E-state index in [4.69, 9.17) is 16.3 Å². The van der Waals surface area contributed by atoms with E-state index >= 15 is 0 Å². The average molecular weight is 466 g/mol. The first-order chi connectivity index (χ1) is 14.8. The fourth-order valence-corrected chi connectivity index (χ4v) is 5.11. The number of amides is 1. The van der Waals surface area contributed by atoms with E-state index in [9.17, 15) is 13.2 Å². The molecule has 2 N–H and O–H groups in total. The molecule has 2 aromatic rings. The molecule has 0 aromatic heterocycles. The molecule has 1 fully saturated rings. The summed E-state index contributed by atoms with van der Waals surface area (Å²) in [6.07, 6.45) is 1.91. The van der Waals surface area contributed by atoms with Crippen LogP contribution in [0.25, 0.3) is 0 Å². The molecule has 1 aliphatic heterocycles. The number of ether oxygens (including phenoxy) is 1. The smallest absolute Gasteiger partial charge is 0.241 e. The van der Waals surface area contributed by atoms with E-state index < -0.39 is 16.1 Å². The van der Waals surface area contributed by atoms with Gasteiger partial charge in [0, 0.05) is 6.04 Å². The summed E-state index contributed by atoms with van der Waals surface area (Å²) < 4.78 is 33.7. The Labute approximate surface area is 188 Å². The Hall–Kier alpha value is -2.13. The number of piperidine rings is 1. The maximum atomic E-state index is 13.1. The number of halogens is 1. The maximum Gasteiger partial charge on any atom is 0.241 e. The first kappa shape index (κ1) is 23.5. The van der Waals surface area contributed by atoms with Crippen molar-refractivity contribution in [2.24, 2.45) is 0 Å². The molecule has 1 amide bonds. The van der Waals surface area contributed by atoms with E-state index in [1.165, 1.54) is 25.3 Å². The minimum Gasteiger partial charge on any atom is -0.495 e. The van der Waals surface area contributed by atoms with Crippen molar-refractivity contribution < 1.29 is 17.9 Å².